The van der Waals surface area contributed by atoms with Gasteiger partial charge in [-0.25, -0.2) is 13.8 Å². The predicted octanol–water partition coefficient (Wildman–Crippen LogP) is 4.60. The molecule has 8 heteroatoms. The third kappa shape index (κ3) is 4.03. The molecule has 0 spiro atoms. The van der Waals surface area contributed by atoms with Gasteiger partial charge in [0, 0.05) is 37.0 Å². The van der Waals surface area contributed by atoms with Crippen molar-refractivity contribution in [3.63, 3.8) is 0 Å². The zero-order valence-corrected chi connectivity index (χ0v) is 17.8. The Morgan fingerprint density at radius 1 is 1.03 bits per heavy atom. The van der Waals surface area contributed by atoms with E-state index >= 15 is 0 Å². The Kier molecular flexibility index (Phi) is 5.71. The maximum absolute atomic E-state index is 14.9. The minimum atomic E-state index is -0.652. The third-order valence-electron chi connectivity index (χ3n) is 5.87. The Labute approximate surface area is 184 Å². The lowest BCUT2D eigenvalue weighted by Crippen LogP contribution is -2.37. The van der Waals surface area contributed by atoms with E-state index in [2.05, 4.69) is 26.3 Å². The summed E-state index contributed by atoms with van der Waals surface area (Å²) in [7, 11) is 0. The van der Waals surface area contributed by atoms with E-state index in [4.69, 9.17) is 9.47 Å². The summed E-state index contributed by atoms with van der Waals surface area (Å²) in [6.45, 7) is 5.68. The topological polar surface area (TPSA) is 59.5 Å². The van der Waals surface area contributed by atoms with Crippen molar-refractivity contribution in [2.24, 2.45) is 0 Å². The van der Waals surface area contributed by atoms with Crippen LogP contribution in [0.15, 0.2) is 36.7 Å². The second-order valence-corrected chi connectivity index (χ2v) is 7.96. The first-order chi connectivity index (χ1) is 15.6. The van der Waals surface area contributed by atoms with Gasteiger partial charge in [0.05, 0.1) is 54.9 Å². The van der Waals surface area contributed by atoms with Crippen LogP contribution in [-0.4, -0.2) is 49.5 Å². The van der Waals surface area contributed by atoms with Crippen molar-refractivity contribution < 1.29 is 18.3 Å². The minimum absolute atomic E-state index is 0.261. The van der Waals surface area contributed by atoms with E-state index in [0.29, 0.717) is 51.0 Å². The van der Waals surface area contributed by atoms with Crippen molar-refractivity contribution in [2.75, 3.05) is 49.7 Å². The van der Waals surface area contributed by atoms with Crippen molar-refractivity contribution in [3.8, 4) is 0 Å². The monoisotopic (exact) mass is 438 g/mol. The number of aromatic nitrogens is 2. The second kappa shape index (κ2) is 8.80. The first kappa shape index (κ1) is 20.8. The zero-order chi connectivity index (χ0) is 22.1. The molecule has 166 valence electrons. The maximum Gasteiger partial charge on any atom is 0.137 e. The molecule has 0 unspecified atom stereocenters. The van der Waals surface area contributed by atoms with Crippen LogP contribution in [0.5, 0.6) is 0 Å². The van der Waals surface area contributed by atoms with Gasteiger partial charge in [-0.1, -0.05) is 6.08 Å². The average molecular weight is 438 g/mol. The smallest absolute Gasteiger partial charge is 0.137 e. The summed E-state index contributed by atoms with van der Waals surface area (Å²) in [6.07, 6.45) is 6.38. The standard InChI is InChI=1S/C24H24F2N4O2/c1-15-23(28-19-10-17(13-27-14-19)16-2-6-31-7-3-16)22-20(26)11-18(25)12-21(22)29-24(15)30-4-8-32-9-5-30/h2,10-14H,3-9H2,1H3,(H,28,29). The minimum Gasteiger partial charge on any atom is -0.378 e. The summed E-state index contributed by atoms with van der Waals surface area (Å²) in [5.41, 5.74) is 4.52. The van der Waals surface area contributed by atoms with Gasteiger partial charge in [0.2, 0.25) is 0 Å². The van der Waals surface area contributed by atoms with Crippen molar-refractivity contribution >= 4 is 33.7 Å². The molecule has 1 aromatic carbocycles. The normalized spacial score (nSPS) is 16.8. The molecule has 0 saturated carbocycles. The Balaban J connectivity index is 1.61. The summed E-state index contributed by atoms with van der Waals surface area (Å²) in [6, 6.07) is 4.16. The highest BCUT2D eigenvalue weighted by Gasteiger charge is 2.22. The van der Waals surface area contributed by atoms with Crippen LogP contribution in [0.3, 0.4) is 0 Å². The van der Waals surface area contributed by atoms with Gasteiger partial charge >= 0.3 is 0 Å². The summed E-state index contributed by atoms with van der Waals surface area (Å²) in [5.74, 6) is -0.604. The zero-order valence-electron chi connectivity index (χ0n) is 17.8. The van der Waals surface area contributed by atoms with Gasteiger partial charge in [0.25, 0.3) is 0 Å². The summed E-state index contributed by atoms with van der Waals surface area (Å²) < 4.78 is 39.8. The third-order valence-corrected chi connectivity index (χ3v) is 5.87. The van der Waals surface area contributed by atoms with Crippen LogP contribution in [0.4, 0.5) is 26.0 Å². The number of halogens is 2. The number of hydrogen-bond acceptors (Lipinski definition) is 6. The molecular weight excluding hydrogens is 414 g/mol. The lowest BCUT2D eigenvalue weighted by atomic mass is 10.0. The number of ether oxygens (including phenoxy) is 2. The van der Waals surface area contributed by atoms with Crippen molar-refractivity contribution in [1.82, 2.24) is 9.97 Å². The molecule has 1 saturated heterocycles. The molecule has 0 aliphatic carbocycles. The maximum atomic E-state index is 14.9. The summed E-state index contributed by atoms with van der Waals surface area (Å²) in [4.78, 5) is 11.1. The largest absolute Gasteiger partial charge is 0.378 e. The average Bonchev–Trinajstić information content (AvgIpc) is 2.82. The Morgan fingerprint density at radius 2 is 1.88 bits per heavy atom. The Morgan fingerprint density at radius 3 is 2.66 bits per heavy atom. The van der Waals surface area contributed by atoms with Crippen LogP contribution >= 0.6 is 0 Å². The molecule has 0 bridgehead atoms. The quantitative estimate of drug-likeness (QED) is 0.643. The van der Waals surface area contributed by atoms with Crippen LogP contribution in [-0.2, 0) is 9.47 Å². The lowest BCUT2D eigenvalue weighted by Gasteiger charge is -2.30. The Bertz CT molecular complexity index is 1190. The number of nitrogens with zero attached hydrogens (tertiary/aromatic N) is 3. The Hall–Kier alpha value is -3.10. The van der Waals surface area contributed by atoms with Crippen LogP contribution in [0.2, 0.25) is 0 Å². The van der Waals surface area contributed by atoms with Crippen molar-refractivity contribution in [1.29, 1.82) is 0 Å². The fourth-order valence-electron chi connectivity index (χ4n) is 4.25. The van der Waals surface area contributed by atoms with E-state index < -0.39 is 11.6 Å². The summed E-state index contributed by atoms with van der Waals surface area (Å²) >= 11 is 0. The fraction of sp³-hybridized carbons (Fsp3) is 0.333. The van der Waals surface area contributed by atoms with E-state index in [0.717, 1.165) is 29.3 Å². The highest BCUT2D eigenvalue weighted by molar-refractivity contribution is 5.97. The number of pyridine rings is 2. The van der Waals surface area contributed by atoms with Gasteiger partial charge in [-0.3, -0.25) is 4.98 Å². The molecule has 5 rings (SSSR count). The number of anilines is 3. The predicted molar refractivity (Wildman–Crippen MR) is 120 cm³/mol. The van der Waals surface area contributed by atoms with Gasteiger partial charge in [0.15, 0.2) is 0 Å². The highest BCUT2D eigenvalue weighted by atomic mass is 19.1. The number of nitrogens with one attached hydrogen (secondary N) is 1. The first-order valence-electron chi connectivity index (χ1n) is 10.7. The molecule has 3 aromatic rings. The van der Waals surface area contributed by atoms with Gasteiger partial charge in [-0.15, -0.1) is 0 Å². The molecule has 2 aliphatic heterocycles. The molecular formula is C24H24F2N4O2. The van der Waals surface area contributed by atoms with E-state index in [1.807, 2.05) is 19.2 Å². The number of morpholine rings is 1. The van der Waals surface area contributed by atoms with E-state index in [1.54, 1.807) is 6.20 Å². The van der Waals surface area contributed by atoms with Crippen LogP contribution in [0.25, 0.3) is 16.5 Å². The fourth-order valence-corrected chi connectivity index (χ4v) is 4.25. The van der Waals surface area contributed by atoms with Crippen LogP contribution in [0.1, 0.15) is 17.5 Å². The van der Waals surface area contributed by atoms with E-state index in [-0.39, 0.29) is 10.9 Å². The van der Waals surface area contributed by atoms with Crippen molar-refractivity contribution in [2.45, 2.75) is 13.3 Å². The van der Waals surface area contributed by atoms with Gasteiger partial charge in [-0.05, 0) is 30.5 Å². The highest BCUT2D eigenvalue weighted by Crippen LogP contribution is 2.37. The molecule has 1 N–H and O–H groups in total. The number of benzene rings is 1. The molecule has 6 nitrogen and oxygen atoms in total. The molecule has 0 radical (unpaired) electrons. The van der Waals surface area contributed by atoms with Gasteiger partial charge in [-0.2, -0.15) is 0 Å². The van der Waals surface area contributed by atoms with Crippen molar-refractivity contribution in [3.05, 3.63) is 59.4 Å². The summed E-state index contributed by atoms with van der Waals surface area (Å²) in [5, 5.41) is 3.61. The molecule has 0 atom stereocenters. The number of fused-ring (bicyclic) bond motifs is 1. The SMILES string of the molecule is Cc1c(N2CCOCC2)nc2cc(F)cc(F)c2c1Nc1cncc(C2=CCOCC2)c1. The first-order valence-corrected chi connectivity index (χ1v) is 10.7. The van der Waals surface area contributed by atoms with Crippen LogP contribution < -0.4 is 10.2 Å². The molecule has 1 fully saturated rings. The number of rotatable bonds is 4. The molecule has 4 heterocycles. The van der Waals surface area contributed by atoms with Gasteiger partial charge in [0.1, 0.15) is 17.5 Å². The molecule has 2 aromatic heterocycles. The van der Waals surface area contributed by atoms with Gasteiger partial charge < -0.3 is 19.7 Å². The molecule has 0 amide bonds. The second-order valence-electron chi connectivity index (χ2n) is 7.96. The molecule has 32 heavy (non-hydrogen) atoms. The molecule has 2 aliphatic rings. The number of hydrogen-bond donors (Lipinski definition) is 1. The van der Waals surface area contributed by atoms with E-state index in [9.17, 15) is 8.78 Å². The van der Waals surface area contributed by atoms with Crippen LogP contribution in [0, 0.1) is 18.6 Å². The van der Waals surface area contributed by atoms with E-state index in [1.165, 1.54) is 11.6 Å². The lowest BCUT2D eigenvalue weighted by molar-refractivity contribution is 0.122.